The molecular weight excluding hydrogens is 310 g/mol. The number of aromatic carboxylic acids is 1. The number of halogens is 1. The lowest BCUT2D eigenvalue weighted by molar-refractivity contribution is 0.0659. The van der Waals surface area contributed by atoms with Crippen LogP contribution < -0.4 is 5.32 Å². The molecule has 0 atom stereocenters. The van der Waals surface area contributed by atoms with Crippen molar-refractivity contribution >= 4 is 27.6 Å². The van der Waals surface area contributed by atoms with Gasteiger partial charge in [0.2, 0.25) is 0 Å². The summed E-state index contributed by atoms with van der Waals surface area (Å²) in [5, 5.41) is 12.2. The molecule has 0 spiro atoms. The molecule has 2 rings (SSSR count). The normalized spacial score (nSPS) is 15.6. The van der Waals surface area contributed by atoms with Gasteiger partial charge in [0.05, 0.1) is 18.3 Å². The predicted molar refractivity (Wildman–Crippen MR) is 77.8 cm³/mol. The van der Waals surface area contributed by atoms with Crippen molar-refractivity contribution < 1.29 is 14.6 Å². The molecule has 2 N–H and O–H groups in total. The highest BCUT2D eigenvalue weighted by molar-refractivity contribution is 9.10. The molecule has 0 saturated heterocycles. The number of carboxylic acid groups (broad SMARTS) is 1. The van der Waals surface area contributed by atoms with E-state index in [-0.39, 0.29) is 5.56 Å². The first kappa shape index (κ1) is 14.3. The van der Waals surface area contributed by atoms with Crippen LogP contribution in [0.25, 0.3) is 0 Å². The molecule has 1 aliphatic carbocycles. The Bertz CT molecular complexity index is 444. The van der Waals surface area contributed by atoms with Gasteiger partial charge in [-0.15, -0.1) is 0 Å². The van der Waals surface area contributed by atoms with E-state index in [9.17, 15) is 4.79 Å². The van der Waals surface area contributed by atoms with Crippen LogP contribution in [0.1, 0.15) is 36.0 Å². The lowest BCUT2D eigenvalue weighted by Crippen LogP contribution is -2.15. The van der Waals surface area contributed by atoms with Gasteiger partial charge in [0.25, 0.3) is 0 Å². The van der Waals surface area contributed by atoms with Crippen molar-refractivity contribution in [3.63, 3.8) is 0 Å². The van der Waals surface area contributed by atoms with Crippen LogP contribution in [0, 0.1) is 0 Å². The maximum absolute atomic E-state index is 10.9. The summed E-state index contributed by atoms with van der Waals surface area (Å²) in [5.74, 6) is -0.924. The van der Waals surface area contributed by atoms with E-state index in [2.05, 4.69) is 21.2 Å². The molecular formula is C14H18BrNO3. The Hall–Kier alpha value is -1.07. The summed E-state index contributed by atoms with van der Waals surface area (Å²) < 4.78 is 6.50. The van der Waals surface area contributed by atoms with Gasteiger partial charge in [0.1, 0.15) is 0 Å². The SMILES string of the molecule is O=C(O)c1cc(Br)cc(NCCOC2CCCC2)c1. The van der Waals surface area contributed by atoms with Crippen LogP contribution in [-0.2, 0) is 4.74 Å². The molecule has 0 unspecified atom stereocenters. The van der Waals surface area contributed by atoms with Crippen molar-refractivity contribution in [3.05, 3.63) is 28.2 Å². The Morgan fingerprint density at radius 1 is 1.37 bits per heavy atom. The van der Waals surface area contributed by atoms with Crippen LogP contribution in [0.2, 0.25) is 0 Å². The van der Waals surface area contributed by atoms with Crippen molar-refractivity contribution in [2.45, 2.75) is 31.8 Å². The Morgan fingerprint density at radius 3 is 2.79 bits per heavy atom. The molecule has 0 amide bonds. The molecule has 0 aliphatic heterocycles. The Morgan fingerprint density at radius 2 is 2.11 bits per heavy atom. The molecule has 0 aromatic heterocycles. The zero-order valence-corrected chi connectivity index (χ0v) is 12.3. The number of anilines is 1. The minimum Gasteiger partial charge on any atom is -0.478 e. The van der Waals surface area contributed by atoms with Crippen molar-refractivity contribution in [3.8, 4) is 0 Å². The zero-order chi connectivity index (χ0) is 13.7. The van der Waals surface area contributed by atoms with Crippen LogP contribution in [0.15, 0.2) is 22.7 Å². The van der Waals surface area contributed by atoms with Crippen molar-refractivity contribution in [2.75, 3.05) is 18.5 Å². The molecule has 1 aromatic carbocycles. The first-order chi connectivity index (χ1) is 9.15. The quantitative estimate of drug-likeness (QED) is 0.785. The minimum atomic E-state index is -0.924. The third-order valence-electron chi connectivity index (χ3n) is 3.23. The van der Waals surface area contributed by atoms with Gasteiger partial charge in [-0.3, -0.25) is 0 Å². The number of ether oxygens (including phenoxy) is 1. The molecule has 0 bridgehead atoms. The molecule has 1 aliphatic rings. The summed E-state index contributed by atoms with van der Waals surface area (Å²) in [6.45, 7) is 1.34. The van der Waals surface area contributed by atoms with Crippen LogP contribution in [-0.4, -0.2) is 30.3 Å². The molecule has 1 aromatic rings. The van der Waals surface area contributed by atoms with Gasteiger partial charge in [0.15, 0.2) is 0 Å². The summed E-state index contributed by atoms with van der Waals surface area (Å²) in [5.41, 5.74) is 1.07. The minimum absolute atomic E-state index is 0.272. The summed E-state index contributed by atoms with van der Waals surface area (Å²) >= 11 is 3.31. The second-order valence-electron chi connectivity index (χ2n) is 4.74. The van der Waals surface area contributed by atoms with E-state index in [1.165, 1.54) is 25.7 Å². The number of carboxylic acids is 1. The third kappa shape index (κ3) is 4.51. The van der Waals surface area contributed by atoms with E-state index in [0.717, 1.165) is 10.2 Å². The highest BCUT2D eigenvalue weighted by Crippen LogP contribution is 2.21. The molecule has 4 nitrogen and oxygen atoms in total. The van der Waals surface area contributed by atoms with Crippen LogP contribution in [0.5, 0.6) is 0 Å². The van der Waals surface area contributed by atoms with Gasteiger partial charge in [-0.2, -0.15) is 0 Å². The first-order valence-corrected chi connectivity index (χ1v) is 7.34. The van der Waals surface area contributed by atoms with Gasteiger partial charge in [-0.25, -0.2) is 4.79 Å². The van der Waals surface area contributed by atoms with E-state index < -0.39 is 5.97 Å². The zero-order valence-electron chi connectivity index (χ0n) is 10.7. The lowest BCUT2D eigenvalue weighted by atomic mass is 10.2. The van der Waals surface area contributed by atoms with Crippen molar-refractivity contribution in [1.82, 2.24) is 0 Å². The Balaban J connectivity index is 1.80. The third-order valence-corrected chi connectivity index (χ3v) is 3.69. The summed E-state index contributed by atoms with van der Waals surface area (Å²) in [7, 11) is 0. The average molecular weight is 328 g/mol. The van der Waals surface area contributed by atoms with Gasteiger partial charge in [-0.1, -0.05) is 28.8 Å². The van der Waals surface area contributed by atoms with Crippen LogP contribution in [0.3, 0.4) is 0 Å². The largest absolute Gasteiger partial charge is 0.478 e. The fourth-order valence-electron chi connectivity index (χ4n) is 2.29. The number of nitrogens with one attached hydrogen (secondary N) is 1. The predicted octanol–water partition coefficient (Wildman–Crippen LogP) is 3.52. The fourth-order valence-corrected chi connectivity index (χ4v) is 2.78. The highest BCUT2D eigenvalue weighted by Gasteiger charge is 2.14. The smallest absolute Gasteiger partial charge is 0.335 e. The second kappa shape index (κ2) is 6.91. The maximum atomic E-state index is 10.9. The summed E-state index contributed by atoms with van der Waals surface area (Å²) in [6, 6.07) is 5.08. The summed E-state index contributed by atoms with van der Waals surface area (Å²) in [4.78, 5) is 10.9. The van der Waals surface area contributed by atoms with E-state index in [4.69, 9.17) is 9.84 Å². The molecule has 5 heteroatoms. The molecule has 104 valence electrons. The standard InChI is InChI=1S/C14H18BrNO3/c15-11-7-10(14(17)18)8-12(9-11)16-5-6-19-13-3-1-2-4-13/h7-9,13,16H,1-6H2,(H,17,18). The highest BCUT2D eigenvalue weighted by atomic mass is 79.9. The van der Waals surface area contributed by atoms with E-state index in [1.807, 2.05) is 6.07 Å². The van der Waals surface area contributed by atoms with E-state index in [1.54, 1.807) is 12.1 Å². The number of carbonyl (C=O) groups is 1. The molecule has 0 radical (unpaired) electrons. The number of rotatable bonds is 6. The van der Waals surface area contributed by atoms with Crippen LogP contribution in [0.4, 0.5) is 5.69 Å². The monoisotopic (exact) mass is 327 g/mol. The lowest BCUT2D eigenvalue weighted by Gasteiger charge is -2.12. The molecule has 0 heterocycles. The molecule has 1 fully saturated rings. The Kier molecular flexibility index (Phi) is 5.22. The van der Waals surface area contributed by atoms with Gasteiger partial charge >= 0.3 is 5.97 Å². The maximum Gasteiger partial charge on any atom is 0.335 e. The number of hydrogen-bond donors (Lipinski definition) is 2. The van der Waals surface area contributed by atoms with Crippen LogP contribution >= 0.6 is 15.9 Å². The van der Waals surface area contributed by atoms with Gasteiger partial charge < -0.3 is 15.2 Å². The topological polar surface area (TPSA) is 58.6 Å². The van der Waals surface area contributed by atoms with Crippen molar-refractivity contribution in [1.29, 1.82) is 0 Å². The van der Waals surface area contributed by atoms with E-state index in [0.29, 0.717) is 19.3 Å². The van der Waals surface area contributed by atoms with Gasteiger partial charge in [-0.05, 0) is 31.0 Å². The molecule has 1 saturated carbocycles. The van der Waals surface area contributed by atoms with Gasteiger partial charge in [0, 0.05) is 16.7 Å². The first-order valence-electron chi connectivity index (χ1n) is 6.54. The van der Waals surface area contributed by atoms with E-state index >= 15 is 0 Å². The summed E-state index contributed by atoms with van der Waals surface area (Å²) in [6.07, 6.45) is 5.29. The van der Waals surface area contributed by atoms with Crippen molar-refractivity contribution in [2.24, 2.45) is 0 Å². The fraction of sp³-hybridized carbons (Fsp3) is 0.500. The number of hydrogen-bond acceptors (Lipinski definition) is 3. The molecule has 19 heavy (non-hydrogen) atoms. The number of benzene rings is 1. The second-order valence-corrected chi connectivity index (χ2v) is 5.65. The Labute approximate surface area is 121 Å². The average Bonchev–Trinajstić information content (AvgIpc) is 2.87.